The molecule has 2 aliphatic heterocycles. The third-order valence-corrected chi connectivity index (χ3v) is 4.46. The van der Waals surface area contributed by atoms with Crippen LogP contribution in [0.3, 0.4) is 0 Å². The molecule has 5 heteroatoms. The maximum atomic E-state index is 11.8. The van der Waals surface area contributed by atoms with Crippen molar-refractivity contribution in [2.75, 3.05) is 32.9 Å². The summed E-state index contributed by atoms with van der Waals surface area (Å²) < 4.78 is 11.1. The van der Waals surface area contributed by atoms with Crippen molar-refractivity contribution in [1.82, 2.24) is 4.90 Å². The van der Waals surface area contributed by atoms with Gasteiger partial charge >= 0.3 is 5.97 Å². The summed E-state index contributed by atoms with van der Waals surface area (Å²) in [5.74, 6) is 0.209. The molecule has 21 heavy (non-hydrogen) atoms. The Morgan fingerprint density at radius 1 is 1.24 bits per heavy atom. The van der Waals surface area contributed by atoms with Crippen LogP contribution in [0.2, 0.25) is 0 Å². The highest BCUT2D eigenvalue weighted by atomic mass is 16.5. The summed E-state index contributed by atoms with van der Waals surface area (Å²) in [6.07, 6.45) is 1.17. The monoisotopic (exact) mass is 291 g/mol. The summed E-state index contributed by atoms with van der Waals surface area (Å²) >= 11 is 0. The highest BCUT2D eigenvalue weighted by Gasteiger charge is 2.41. The van der Waals surface area contributed by atoms with Crippen LogP contribution in [0.15, 0.2) is 24.3 Å². The number of rotatable bonds is 3. The smallest absolute Gasteiger partial charge is 0.311 e. The fourth-order valence-corrected chi connectivity index (χ4v) is 3.14. The van der Waals surface area contributed by atoms with Gasteiger partial charge in [-0.15, -0.1) is 0 Å². The van der Waals surface area contributed by atoms with Gasteiger partial charge in [-0.1, -0.05) is 18.2 Å². The van der Waals surface area contributed by atoms with Crippen LogP contribution in [0, 0.1) is 5.41 Å². The van der Waals surface area contributed by atoms with Crippen molar-refractivity contribution in [1.29, 1.82) is 0 Å². The number of carboxylic acids is 1. The zero-order valence-electron chi connectivity index (χ0n) is 12.1. The molecule has 0 bridgehead atoms. The molecule has 0 aromatic heterocycles. The summed E-state index contributed by atoms with van der Waals surface area (Å²) in [5.41, 5.74) is 0.444. The van der Waals surface area contributed by atoms with E-state index in [-0.39, 0.29) is 0 Å². The van der Waals surface area contributed by atoms with E-state index < -0.39 is 11.4 Å². The fraction of sp³-hybridized carbons (Fsp3) is 0.562. The molecule has 1 saturated heterocycles. The molecular formula is C16H21NO4. The highest BCUT2D eigenvalue weighted by Crippen LogP contribution is 2.33. The molecule has 2 aliphatic rings. The summed E-state index contributed by atoms with van der Waals surface area (Å²) in [7, 11) is 0. The number of hydrogen-bond acceptors (Lipinski definition) is 4. The molecule has 1 N–H and O–H groups in total. The minimum atomic E-state index is -0.704. The molecular weight excluding hydrogens is 270 g/mol. The molecule has 0 radical (unpaired) electrons. The lowest BCUT2D eigenvalue weighted by atomic mass is 9.79. The first-order valence-corrected chi connectivity index (χ1v) is 7.44. The number of nitrogens with zero attached hydrogens (tertiary/aromatic N) is 1. The third kappa shape index (κ3) is 3.04. The quantitative estimate of drug-likeness (QED) is 0.919. The molecule has 0 unspecified atom stereocenters. The Kier molecular flexibility index (Phi) is 4.12. The zero-order chi connectivity index (χ0) is 14.7. The molecule has 0 spiro atoms. The lowest BCUT2D eigenvalue weighted by molar-refractivity contribution is -0.156. The van der Waals surface area contributed by atoms with Crippen LogP contribution in [0.5, 0.6) is 5.75 Å². The van der Waals surface area contributed by atoms with Crippen LogP contribution in [0.4, 0.5) is 0 Å². The van der Waals surface area contributed by atoms with Crippen molar-refractivity contribution in [3.8, 4) is 5.75 Å². The molecule has 5 nitrogen and oxygen atoms in total. The van der Waals surface area contributed by atoms with Gasteiger partial charge in [-0.25, -0.2) is 0 Å². The second kappa shape index (κ2) is 6.03. The Morgan fingerprint density at radius 3 is 2.76 bits per heavy atom. The maximum Gasteiger partial charge on any atom is 0.311 e. The Hall–Kier alpha value is -1.59. The van der Waals surface area contributed by atoms with Gasteiger partial charge in [0.2, 0.25) is 0 Å². The van der Waals surface area contributed by atoms with E-state index in [9.17, 15) is 9.90 Å². The zero-order valence-corrected chi connectivity index (χ0v) is 12.1. The molecule has 2 heterocycles. The number of fused-ring (bicyclic) bond motifs is 1. The third-order valence-electron chi connectivity index (χ3n) is 4.46. The normalized spacial score (nSPS) is 21.9. The molecule has 3 rings (SSSR count). The topological polar surface area (TPSA) is 59.0 Å². The average molecular weight is 291 g/mol. The average Bonchev–Trinajstić information content (AvgIpc) is 2.69. The number of benzene rings is 1. The van der Waals surface area contributed by atoms with Crippen molar-refractivity contribution in [2.45, 2.75) is 19.4 Å². The second-order valence-electron chi connectivity index (χ2n) is 5.86. The van der Waals surface area contributed by atoms with Crippen molar-refractivity contribution in [2.24, 2.45) is 5.41 Å². The van der Waals surface area contributed by atoms with Gasteiger partial charge in [0.1, 0.15) is 12.4 Å². The van der Waals surface area contributed by atoms with Gasteiger partial charge in [0, 0.05) is 38.4 Å². The van der Waals surface area contributed by atoms with Crippen molar-refractivity contribution < 1.29 is 19.4 Å². The summed E-state index contributed by atoms with van der Waals surface area (Å²) in [6, 6.07) is 7.98. The summed E-state index contributed by atoms with van der Waals surface area (Å²) in [6.45, 7) is 3.73. The molecule has 1 aromatic carbocycles. The van der Waals surface area contributed by atoms with Crippen molar-refractivity contribution in [3.05, 3.63) is 29.8 Å². The van der Waals surface area contributed by atoms with Crippen LogP contribution in [0.25, 0.3) is 0 Å². The Balaban J connectivity index is 1.76. The van der Waals surface area contributed by atoms with Gasteiger partial charge in [0.15, 0.2) is 0 Å². The first-order valence-electron chi connectivity index (χ1n) is 7.44. The first-order chi connectivity index (χ1) is 10.2. The molecule has 0 aliphatic carbocycles. The van der Waals surface area contributed by atoms with Gasteiger partial charge in [-0.3, -0.25) is 9.69 Å². The Bertz CT molecular complexity index is 511. The van der Waals surface area contributed by atoms with Crippen LogP contribution >= 0.6 is 0 Å². The maximum absolute atomic E-state index is 11.8. The van der Waals surface area contributed by atoms with Crippen molar-refractivity contribution in [3.63, 3.8) is 0 Å². The summed E-state index contributed by atoms with van der Waals surface area (Å²) in [5, 5.41) is 9.67. The van der Waals surface area contributed by atoms with Gasteiger partial charge in [-0.05, 0) is 18.9 Å². The van der Waals surface area contributed by atoms with Gasteiger partial charge in [-0.2, -0.15) is 0 Å². The number of para-hydroxylation sites is 1. The summed E-state index contributed by atoms with van der Waals surface area (Å²) in [4.78, 5) is 14.0. The molecule has 0 saturated carbocycles. The second-order valence-corrected chi connectivity index (χ2v) is 5.86. The van der Waals surface area contributed by atoms with Crippen LogP contribution in [-0.2, 0) is 16.1 Å². The molecule has 1 aromatic rings. The number of carboxylic acid groups (broad SMARTS) is 1. The van der Waals surface area contributed by atoms with Crippen LogP contribution in [0.1, 0.15) is 18.4 Å². The highest BCUT2D eigenvalue weighted by molar-refractivity contribution is 5.75. The van der Waals surface area contributed by atoms with E-state index >= 15 is 0 Å². The molecule has 0 amide bonds. The van der Waals surface area contributed by atoms with E-state index in [4.69, 9.17) is 9.47 Å². The predicted octanol–water partition coefficient (Wildman–Crippen LogP) is 1.76. The fourth-order valence-electron chi connectivity index (χ4n) is 3.14. The Morgan fingerprint density at radius 2 is 2.00 bits per heavy atom. The van der Waals surface area contributed by atoms with Crippen LogP contribution < -0.4 is 4.74 Å². The number of hydrogen-bond donors (Lipinski definition) is 1. The minimum Gasteiger partial charge on any atom is -0.492 e. The van der Waals surface area contributed by atoms with Gasteiger partial charge in [0.05, 0.1) is 5.41 Å². The van der Waals surface area contributed by atoms with E-state index in [2.05, 4.69) is 4.90 Å². The predicted molar refractivity (Wildman–Crippen MR) is 77.3 cm³/mol. The number of carbonyl (C=O) groups is 1. The SMILES string of the molecule is O=C(O)C1(CN2CCOc3ccccc3C2)CCOCC1. The van der Waals surface area contributed by atoms with Crippen LogP contribution in [-0.4, -0.2) is 48.9 Å². The van der Waals surface area contributed by atoms with Gasteiger partial charge < -0.3 is 14.6 Å². The van der Waals surface area contributed by atoms with E-state index in [0.29, 0.717) is 39.2 Å². The standard InChI is InChI=1S/C16H21NO4/c18-15(19)16(5-8-20-9-6-16)12-17-7-10-21-14-4-2-1-3-13(14)11-17/h1-4H,5-12H2,(H,18,19). The largest absolute Gasteiger partial charge is 0.492 e. The molecule has 1 fully saturated rings. The number of ether oxygens (including phenoxy) is 2. The van der Waals surface area contributed by atoms with E-state index in [0.717, 1.165) is 24.4 Å². The Labute approximate surface area is 124 Å². The van der Waals surface area contributed by atoms with Crippen molar-refractivity contribution >= 4 is 5.97 Å². The lowest BCUT2D eigenvalue weighted by Gasteiger charge is -2.37. The van der Waals surface area contributed by atoms with E-state index in [1.54, 1.807) is 0 Å². The molecule has 114 valence electrons. The van der Waals surface area contributed by atoms with E-state index in [1.165, 1.54) is 0 Å². The molecule has 0 atom stereocenters. The van der Waals surface area contributed by atoms with E-state index in [1.807, 2.05) is 24.3 Å². The number of aliphatic carboxylic acids is 1. The lowest BCUT2D eigenvalue weighted by Crippen LogP contribution is -2.47. The van der Waals surface area contributed by atoms with Gasteiger partial charge in [0.25, 0.3) is 0 Å². The minimum absolute atomic E-state index is 0.535. The first kappa shape index (κ1) is 14.4.